The minimum absolute atomic E-state index is 0.0310. The van der Waals surface area contributed by atoms with Crippen LogP contribution in [0.3, 0.4) is 0 Å². The minimum atomic E-state index is -0.120. The summed E-state index contributed by atoms with van der Waals surface area (Å²) < 4.78 is 7.37. The molecule has 4 rings (SSSR count). The maximum Gasteiger partial charge on any atom is 0.188 e. The molecule has 31 heavy (non-hydrogen) atoms. The van der Waals surface area contributed by atoms with Gasteiger partial charge in [-0.2, -0.15) is 5.26 Å². The highest BCUT2D eigenvalue weighted by Gasteiger charge is 2.63. The van der Waals surface area contributed by atoms with Crippen molar-refractivity contribution in [3.63, 3.8) is 0 Å². The number of rotatable bonds is 4. The van der Waals surface area contributed by atoms with Crippen LogP contribution >= 0.6 is 27.5 Å². The van der Waals surface area contributed by atoms with Gasteiger partial charge in [0.1, 0.15) is 17.9 Å². The van der Waals surface area contributed by atoms with Crippen molar-refractivity contribution in [2.45, 2.75) is 46.6 Å². The van der Waals surface area contributed by atoms with Crippen LogP contribution in [0.25, 0.3) is 0 Å². The number of hydrogen-bond acceptors (Lipinski definition) is 3. The third-order valence-corrected chi connectivity index (χ3v) is 7.86. The molecule has 0 bridgehead atoms. The van der Waals surface area contributed by atoms with E-state index in [0.717, 1.165) is 34.0 Å². The zero-order chi connectivity index (χ0) is 22.6. The average molecular weight is 499 g/mol. The van der Waals surface area contributed by atoms with E-state index in [1.807, 2.05) is 18.2 Å². The van der Waals surface area contributed by atoms with Crippen LogP contribution in [0.4, 0.5) is 0 Å². The fraction of sp³-hybridized carbons (Fsp3) is 0.385. The molecule has 0 aromatic heterocycles. The first kappa shape index (κ1) is 22.1. The maximum absolute atomic E-state index is 13.1. The molecule has 5 heteroatoms. The first-order valence-electron chi connectivity index (χ1n) is 10.4. The highest BCUT2D eigenvalue weighted by atomic mass is 79.9. The number of nitrogens with zero attached hydrogens (tertiary/aromatic N) is 1. The Balaban J connectivity index is 1.53. The topological polar surface area (TPSA) is 50.1 Å². The fourth-order valence-electron chi connectivity index (χ4n) is 5.66. The summed E-state index contributed by atoms with van der Waals surface area (Å²) in [7, 11) is 0. The highest BCUT2D eigenvalue weighted by molar-refractivity contribution is 9.10. The first-order chi connectivity index (χ1) is 14.6. The Morgan fingerprint density at radius 1 is 1.16 bits per heavy atom. The van der Waals surface area contributed by atoms with Crippen molar-refractivity contribution in [2.24, 2.45) is 16.7 Å². The fourth-order valence-corrected chi connectivity index (χ4v) is 6.28. The number of hydrogen-bond donors (Lipinski definition) is 0. The summed E-state index contributed by atoms with van der Waals surface area (Å²) in [6, 6.07) is 13.2. The molecule has 0 atom stereocenters. The monoisotopic (exact) mass is 497 g/mol. The largest absolute Gasteiger partial charge is 0.489 e. The lowest BCUT2D eigenvalue weighted by Crippen LogP contribution is -2.66. The lowest BCUT2D eigenvalue weighted by Gasteiger charge is -2.63. The molecular weight excluding hydrogens is 474 g/mol. The molecule has 0 N–H and O–H groups in total. The molecule has 3 nitrogen and oxygen atoms in total. The number of carbonyl (C=O) groups excluding carboxylic acids is 1. The van der Waals surface area contributed by atoms with Crippen molar-refractivity contribution < 1.29 is 9.53 Å². The Hall–Kier alpha value is -2.09. The molecule has 0 heterocycles. The molecule has 2 aliphatic rings. The molecule has 1 fully saturated rings. The SMILES string of the molecule is CC1(C)[C@H](CC2=CCc3cc(Br)ccc3C2=O)C(C)(C)[C@H]1Oc1ccc(C#N)c(Cl)c1. The maximum atomic E-state index is 13.1. The predicted molar refractivity (Wildman–Crippen MR) is 127 cm³/mol. The Labute approximate surface area is 197 Å². The summed E-state index contributed by atoms with van der Waals surface area (Å²) in [4.78, 5) is 13.1. The Kier molecular flexibility index (Phi) is 5.56. The zero-order valence-electron chi connectivity index (χ0n) is 18.1. The van der Waals surface area contributed by atoms with E-state index >= 15 is 0 Å². The van der Waals surface area contributed by atoms with Gasteiger partial charge in [-0.1, -0.05) is 61.3 Å². The van der Waals surface area contributed by atoms with Gasteiger partial charge in [0.15, 0.2) is 5.78 Å². The number of fused-ring (bicyclic) bond motifs is 1. The van der Waals surface area contributed by atoms with Crippen molar-refractivity contribution in [3.8, 4) is 11.8 Å². The van der Waals surface area contributed by atoms with Crippen LogP contribution in [0.5, 0.6) is 5.75 Å². The normalized spacial score (nSPS) is 23.3. The Morgan fingerprint density at radius 2 is 1.87 bits per heavy atom. The Bertz CT molecular complexity index is 1130. The van der Waals surface area contributed by atoms with Gasteiger partial charge in [-0.15, -0.1) is 0 Å². The van der Waals surface area contributed by atoms with E-state index in [9.17, 15) is 4.79 Å². The first-order valence-corrected chi connectivity index (χ1v) is 11.6. The van der Waals surface area contributed by atoms with Gasteiger partial charge in [-0.25, -0.2) is 0 Å². The highest BCUT2D eigenvalue weighted by Crippen LogP contribution is 2.62. The van der Waals surface area contributed by atoms with E-state index in [1.165, 1.54) is 0 Å². The summed E-state index contributed by atoms with van der Waals surface area (Å²) in [5.74, 6) is 1.11. The molecule has 2 aromatic carbocycles. The molecule has 2 aromatic rings. The van der Waals surface area contributed by atoms with Gasteiger partial charge in [0.25, 0.3) is 0 Å². The standard InChI is InChI=1S/C26H25BrClNO2/c1-25(2)22(12-16-6-5-15-11-18(27)8-10-20(15)23(16)30)26(3,4)24(25)31-19-9-7-17(14-29)21(28)13-19/h6-11,13,22,24H,5,12H2,1-4H3/t22-,24-. The van der Waals surface area contributed by atoms with Crippen molar-refractivity contribution in [2.75, 3.05) is 0 Å². The second kappa shape index (κ2) is 7.80. The second-order valence-corrected chi connectivity index (χ2v) is 11.0. The van der Waals surface area contributed by atoms with Crippen LogP contribution in [0.2, 0.25) is 5.02 Å². The number of benzene rings is 2. The van der Waals surface area contributed by atoms with Crippen LogP contribution in [-0.4, -0.2) is 11.9 Å². The molecular formula is C26H25BrClNO2. The van der Waals surface area contributed by atoms with Crippen LogP contribution in [0.1, 0.15) is 55.6 Å². The van der Waals surface area contributed by atoms with Crippen molar-refractivity contribution in [1.82, 2.24) is 0 Å². The third kappa shape index (κ3) is 3.73. The van der Waals surface area contributed by atoms with Gasteiger partial charge in [-0.3, -0.25) is 4.79 Å². The number of nitriles is 1. The summed E-state index contributed by atoms with van der Waals surface area (Å²) in [6.45, 7) is 8.82. The lowest BCUT2D eigenvalue weighted by molar-refractivity contribution is -0.197. The predicted octanol–water partition coefficient (Wildman–Crippen LogP) is 7.16. The van der Waals surface area contributed by atoms with Crippen molar-refractivity contribution in [1.29, 1.82) is 5.26 Å². The van der Waals surface area contributed by atoms with Gasteiger partial charge in [0.2, 0.25) is 0 Å². The smallest absolute Gasteiger partial charge is 0.188 e. The van der Waals surface area contributed by atoms with E-state index in [2.05, 4.69) is 55.8 Å². The van der Waals surface area contributed by atoms with E-state index in [-0.39, 0.29) is 22.7 Å². The quantitative estimate of drug-likeness (QED) is 0.449. The van der Waals surface area contributed by atoms with Gasteiger partial charge in [0, 0.05) is 26.9 Å². The van der Waals surface area contributed by atoms with E-state index in [1.54, 1.807) is 18.2 Å². The molecule has 0 amide bonds. The number of allylic oxidation sites excluding steroid dienone is 2. The van der Waals surface area contributed by atoms with Crippen molar-refractivity contribution in [3.05, 3.63) is 74.2 Å². The minimum Gasteiger partial charge on any atom is -0.489 e. The van der Waals surface area contributed by atoms with Crippen LogP contribution < -0.4 is 4.74 Å². The summed E-state index contributed by atoms with van der Waals surface area (Å²) in [6.07, 6.45) is 3.59. The number of ether oxygens (including phenoxy) is 1. The summed E-state index contributed by atoms with van der Waals surface area (Å²) >= 11 is 9.68. The molecule has 160 valence electrons. The molecule has 0 radical (unpaired) electrons. The number of halogens is 2. The number of carbonyl (C=O) groups is 1. The third-order valence-electron chi connectivity index (χ3n) is 7.06. The second-order valence-electron chi connectivity index (χ2n) is 9.71. The number of ketones is 1. The van der Waals surface area contributed by atoms with Gasteiger partial charge in [0.05, 0.1) is 10.6 Å². The Morgan fingerprint density at radius 3 is 2.52 bits per heavy atom. The van der Waals surface area contributed by atoms with Crippen LogP contribution in [0, 0.1) is 28.1 Å². The van der Waals surface area contributed by atoms with Gasteiger partial charge >= 0.3 is 0 Å². The van der Waals surface area contributed by atoms with Gasteiger partial charge < -0.3 is 4.74 Å². The average Bonchev–Trinajstić information content (AvgIpc) is 2.71. The lowest BCUT2D eigenvalue weighted by atomic mass is 9.44. The molecule has 0 spiro atoms. The van der Waals surface area contributed by atoms with Crippen LogP contribution in [-0.2, 0) is 6.42 Å². The molecule has 1 saturated carbocycles. The molecule has 0 aliphatic heterocycles. The van der Waals surface area contributed by atoms with Gasteiger partial charge in [-0.05, 0) is 60.2 Å². The van der Waals surface area contributed by atoms with E-state index in [0.29, 0.717) is 22.3 Å². The zero-order valence-corrected chi connectivity index (χ0v) is 20.5. The summed E-state index contributed by atoms with van der Waals surface area (Å²) in [5.41, 5.74) is 3.00. The van der Waals surface area contributed by atoms with Crippen LogP contribution in [0.15, 0.2) is 52.5 Å². The molecule has 0 saturated heterocycles. The molecule has 0 unspecified atom stereocenters. The molecule has 2 aliphatic carbocycles. The van der Waals surface area contributed by atoms with Crippen molar-refractivity contribution >= 4 is 33.3 Å². The van der Waals surface area contributed by atoms with E-state index < -0.39 is 0 Å². The van der Waals surface area contributed by atoms with E-state index in [4.69, 9.17) is 21.6 Å². The summed E-state index contributed by atoms with van der Waals surface area (Å²) in [5, 5.41) is 9.49. The number of Topliss-reactive ketones (excluding diaryl/α,β-unsaturated/α-hetero) is 1.